The molecule has 2 aliphatic rings. The number of aliphatic imine (C=N–C) groups is 1. The van der Waals surface area contributed by atoms with Crippen molar-refractivity contribution in [3.05, 3.63) is 47.6 Å². The molecule has 0 aromatic carbocycles. The highest BCUT2D eigenvalue weighted by Crippen LogP contribution is 2.24. The first kappa shape index (κ1) is 11.1. The number of nitrogens with zero attached hydrogens (tertiary/aromatic N) is 1. The third-order valence-corrected chi connectivity index (χ3v) is 2.99. The summed E-state index contributed by atoms with van der Waals surface area (Å²) in [7, 11) is 0. The Morgan fingerprint density at radius 1 is 1.06 bits per heavy atom. The molecule has 0 spiro atoms. The van der Waals surface area contributed by atoms with Crippen LogP contribution in [0.4, 0.5) is 0 Å². The number of allylic oxidation sites excluding steroid dienone is 8. The van der Waals surface area contributed by atoms with Gasteiger partial charge in [0.1, 0.15) is 0 Å². The van der Waals surface area contributed by atoms with E-state index in [1.165, 1.54) is 23.3 Å². The zero-order valence-electron chi connectivity index (χ0n) is 10.1. The number of hydrogen-bond acceptors (Lipinski definition) is 1. The van der Waals surface area contributed by atoms with E-state index in [4.69, 9.17) is 0 Å². The van der Waals surface area contributed by atoms with Gasteiger partial charge in [-0.15, -0.1) is 0 Å². The summed E-state index contributed by atoms with van der Waals surface area (Å²) in [6, 6.07) is 0. The van der Waals surface area contributed by atoms with Crippen molar-refractivity contribution in [1.29, 1.82) is 0 Å². The van der Waals surface area contributed by atoms with Gasteiger partial charge in [0.15, 0.2) is 0 Å². The SMILES string of the molecule is CC(C)C1=C(C2=NCCC2)/C=C\C=C/C=C\1. The van der Waals surface area contributed by atoms with E-state index in [9.17, 15) is 0 Å². The van der Waals surface area contributed by atoms with E-state index in [0.717, 1.165) is 13.0 Å². The molecule has 0 bridgehead atoms. The van der Waals surface area contributed by atoms with Crippen LogP contribution in [0.5, 0.6) is 0 Å². The van der Waals surface area contributed by atoms with E-state index < -0.39 is 0 Å². The Morgan fingerprint density at radius 2 is 1.81 bits per heavy atom. The molecule has 0 saturated heterocycles. The van der Waals surface area contributed by atoms with Crippen molar-refractivity contribution in [2.75, 3.05) is 6.54 Å². The van der Waals surface area contributed by atoms with Gasteiger partial charge in [0.25, 0.3) is 0 Å². The summed E-state index contributed by atoms with van der Waals surface area (Å²) in [5, 5.41) is 0. The van der Waals surface area contributed by atoms with Gasteiger partial charge in [-0.1, -0.05) is 50.3 Å². The molecule has 0 aromatic rings. The molecule has 1 nitrogen and oxygen atoms in total. The smallest absolute Gasteiger partial charge is 0.0424 e. The zero-order valence-corrected chi connectivity index (χ0v) is 10.1. The predicted molar refractivity (Wildman–Crippen MR) is 70.8 cm³/mol. The Kier molecular flexibility index (Phi) is 3.55. The molecule has 1 heterocycles. The highest BCUT2D eigenvalue weighted by Gasteiger charge is 2.15. The van der Waals surface area contributed by atoms with Gasteiger partial charge in [-0.25, -0.2) is 0 Å². The summed E-state index contributed by atoms with van der Waals surface area (Å²) in [6.07, 6.45) is 15.1. The third-order valence-electron chi connectivity index (χ3n) is 2.99. The fourth-order valence-corrected chi connectivity index (χ4v) is 2.15. The molecule has 0 saturated carbocycles. The van der Waals surface area contributed by atoms with Crippen LogP contribution in [-0.2, 0) is 0 Å². The lowest BCUT2D eigenvalue weighted by Crippen LogP contribution is -2.05. The Labute approximate surface area is 98.0 Å². The molecule has 1 heteroatoms. The maximum absolute atomic E-state index is 4.61. The molecular formula is C15H19N. The van der Waals surface area contributed by atoms with Crippen molar-refractivity contribution in [3.63, 3.8) is 0 Å². The fourth-order valence-electron chi connectivity index (χ4n) is 2.15. The second-order valence-electron chi connectivity index (χ2n) is 4.56. The summed E-state index contributed by atoms with van der Waals surface area (Å²) in [5.74, 6) is 0.547. The first-order valence-electron chi connectivity index (χ1n) is 6.08. The molecule has 0 amide bonds. The Bertz CT molecular complexity index is 403. The predicted octanol–water partition coefficient (Wildman–Crippen LogP) is 3.86. The van der Waals surface area contributed by atoms with Crippen LogP contribution in [0.15, 0.2) is 52.6 Å². The molecule has 0 aromatic heterocycles. The first-order chi connectivity index (χ1) is 7.79. The Hall–Kier alpha value is -1.37. The largest absolute Gasteiger partial charge is 0.289 e. The Balaban J connectivity index is 2.43. The van der Waals surface area contributed by atoms with Crippen molar-refractivity contribution in [2.24, 2.45) is 10.9 Å². The van der Waals surface area contributed by atoms with Crippen molar-refractivity contribution in [2.45, 2.75) is 26.7 Å². The molecule has 0 radical (unpaired) electrons. The third kappa shape index (κ3) is 2.41. The second kappa shape index (κ2) is 5.11. The van der Waals surface area contributed by atoms with Gasteiger partial charge in [0, 0.05) is 12.3 Å². The van der Waals surface area contributed by atoms with E-state index in [1.54, 1.807) is 0 Å². The van der Waals surface area contributed by atoms with Crippen LogP contribution < -0.4 is 0 Å². The molecule has 1 aliphatic heterocycles. The highest BCUT2D eigenvalue weighted by molar-refractivity contribution is 6.04. The minimum Gasteiger partial charge on any atom is -0.289 e. The van der Waals surface area contributed by atoms with Crippen molar-refractivity contribution < 1.29 is 0 Å². The molecule has 0 fully saturated rings. The maximum atomic E-state index is 4.61. The molecular weight excluding hydrogens is 194 g/mol. The van der Waals surface area contributed by atoms with Crippen LogP contribution >= 0.6 is 0 Å². The van der Waals surface area contributed by atoms with Gasteiger partial charge in [-0.2, -0.15) is 0 Å². The zero-order chi connectivity index (χ0) is 11.4. The van der Waals surface area contributed by atoms with E-state index in [0.29, 0.717) is 5.92 Å². The molecule has 84 valence electrons. The minimum atomic E-state index is 0.547. The lowest BCUT2D eigenvalue weighted by molar-refractivity contribution is 0.787. The van der Waals surface area contributed by atoms with Crippen LogP contribution in [0.2, 0.25) is 0 Å². The molecule has 0 atom stereocenters. The van der Waals surface area contributed by atoms with E-state index >= 15 is 0 Å². The Morgan fingerprint density at radius 3 is 2.44 bits per heavy atom. The van der Waals surface area contributed by atoms with Gasteiger partial charge < -0.3 is 0 Å². The van der Waals surface area contributed by atoms with E-state index in [1.807, 2.05) is 0 Å². The summed E-state index contributed by atoms with van der Waals surface area (Å²) in [4.78, 5) is 4.61. The topological polar surface area (TPSA) is 12.4 Å². The summed E-state index contributed by atoms with van der Waals surface area (Å²) < 4.78 is 0. The van der Waals surface area contributed by atoms with E-state index in [-0.39, 0.29) is 0 Å². The van der Waals surface area contributed by atoms with Crippen LogP contribution in [-0.4, -0.2) is 12.3 Å². The monoisotopic (exact) mass is 213 g/mol. The minimum absolute atomic E-state index is 0.547. The first-order valence-corrected chi connectivity index (χ1v) is 6.08. The normalized spacial score (nSPS) is 30.8. The van der Waals surface area contributed by atoms with Gasteiger partial charge >= 0.3 is 0 Å². The molecule has 16 heavy (non-hydrogen) atoms. The summed E-state index contributed by atoms with van der Waals surface area (Å²) in [5.41, 5.74) is 4.04. The van der Waals surface area contributed by atoms with Crippen molar-refractivity contribution in [3.8, 4) is 0 Å². The highest BCUT2D eigenvalue weighted by atomic mass is 14.8. The molecule has 0 N–H and O–H groups in total. The average Bonchev–Trinajstić information content (AvgIpc) is 2.69. The van der Waals surface area contributed by atoms with Crippen LogP contribution in [0.25, 0.3) is 0 Å². The van der Waals surface area contributed by atoms with E-state index in [2.05, 4.69) is 55.3 Å². The fraction of sp³-hybridized carbons (Fsp3) is 0.400. The van der Waals surface area contributed by atoms with Crippen LogP contribution in [0, 0.1) is 5.92 Å². The van der Waals surface area contributed by atoms with Gasteiger partial charge in [-0.05, 0) is 29.9 Å². The van der Waals surface area contributed by atoms with Crippen LogP contribution in [0.1, 0.15) is 26.7 Å². The molecule has 1 aliphatic carbocycles. The molecule has 0 unspecified atom stereocenters. The number of rotatable bonds is 2. The van der Waals surface area contributed by atoms with Gasteiger partial charge in [0.2, 0.25) is 0 Å². The van der Waals surface area contributed by atoms with Gasteiger partial charge in [-0.3, -0.25) is 4.99 Å². The quantitative estimate of drug-likeness (QED) is 0.660. The lowest BCUT2D eigenvalue weighted by Gasteiger charge is -2.13. The van der Waals surface area contributed by atoms with Crippen molar-refractivity contribution >= 4 is 5.71 Å². The van der Waals surface area contributed by atoms with Crippen LogP contribution in [0.3, 0.4) is 0 Å². The summed E-state index contributed by atoms with van der Waals surface area (Å²) in [6.45, 7) is 5.49. The second-order valence-corrected chi connectivity index (χ2v) is 4.56. The summed E-state index contributed by atoms with van der Waals surface area (Å²) >= 11 is 0. The van der Waals surface area contributed by atoms with Crippen molar-refractivity contribution in [1.82, 2.24) is 0 Å². The lowest BCUT2D eigenvalue weighted by atomic mass is 9.92. The standard InChI is InChI=1S/C15H19N/c1-12(2)13-8-5-3-4-6-9-14(13)15-10-7-11-16-15/h3-6,8-9,12H,7,10-11H2,1-2H3/b4-3-,5-3?,6-4?,8-5-,9-6-,13-8?,14-9?,14-13-. The number of hydrogen-bond donors (Lipinski definition) is 0. The average molecular weight is 213 g/mol. The maximum Gasteiger partial charge on any atom is 0.0424 e. The molecule has 2 rings (SSSR count). The van der Waals surface area contributed by atoms with Gasteiger partial charge in [0.05, 0.1) is 0 Å².